The van der Waals surface area contributed by atoms with Crippen molar-refractivity contribution in [1.82, 2.24) is 14.8 Å². The highest BCUT2D eigenvalue weighted by atomic mass is 16.6. The van der Waals surface area contributed by atoms with Crippen molar-refractivity contribution in [3.8, 4) is 0 Å². The van der Waals surface area contributed by atoms with E-state index in [2.05, 4.69) is 10.2 Å². The quantitative estimate of drug-likeness (QED) is 0.890. The molecular formula is C20H29N3O3. The molecule has 0 spiro atoms. The van der Waals surface area contributed by atoms with E-state index in [1.807, 2.05) is 44.6 Å². The minimum Gasteiger partial charge on any atom is -0.444 e. The van der Waals surface area contributed by atoms with Gasteiger partial charge in [-0.15, -0.1) is 0 Å². The zero-order chi connectivity index (χ0) is 19.5. The Morgan fingerprint density at radius 2 is 1.88 bits per heavy atom. The van der Waals surface area contributed by atoms with Crippen LogP contribution in [0.25, 0.3) is 10.9 Å². The fourth-order valence-electron chi connectivity index (χ4n) is 2.73. The predicted octanol–water partition coefficient (Wildman–Crippen LogP) is 3.30. The molecule has 0 aliphatic carbocycles. The first-order chi connectivity index (χ1) is 12.1. The summed E-state index contributed by atoms with van der Waals surface area (Å²) in [4.78, 5) is 27.0. The summed E-state index contributed by atoms with van der Waals surface area (Å²) in [6, 6.07) is 7.14. The number of alkyl carbamates (subject to hydrolysis) is 1. The van der Waals surface area contributed by atoms with Gasteiger partial charge in [0.1, 0.15) is 11.6 Å². The van der Waals surface area contributed by atoms with Crippen molar-refractivity contribution < 1.29 is 14.3 Å². The van der Waals surface area contributed by atoms with Gasteiger partial charge in [-0.3, -0.25) is 9.36 Å². The number of aromatic nitrogens is 1. The molecule has 0 aliphatic rings. The number of hydrogen-bond donors (Lipinski definition) is 1. The monoisotopic (exact) mass is 359 g/mol. The van der Waals surface area contributed by atoms with Gasteiger partial charge in [0, 0.05) is 18.1 Å². The highest BCUT2D eigenvalue weighted by Gasteiger charge is 2.23. The lowest BCUT2D eigenvalue weighted by Gasteiger charge is -2.21. The summed E-state index contributed by atoms with van der Waals surface area (Å²) in [5.74, 6) is -0.192. The molecule has 1 amide bonds. The average molecular weight is 359 g/mol. The topological polar surface area (TPSA) is 63.6 Å². The molecule has 1 aromatic heterocycles. The van der Waals surface area contributed by atoms with E-state index >= 15 is 0 Å². The van der Waals surface area contributed by atoms with Crippen molar-refractivity contribution in [2.45, 2.75) is 45.8 Å². The maximum atomic E-state index is 12.9. The molecule has 1 heterocycles. The number of hydrogen-bond acceptors (Lipinski definition) is 4. The van der Waals surface area contributed by atoms with Crippen LogP contribution >= 0.6 is 0 Å². The summed E-state index contributed by atoms with van der Waals surface area (Å²) < 4.78 is 6.86. The lowest BCUT2D eigenvalue weighted by atomic mass is 10.1. The Bertz CT molecular complexity index is 787. The molecule has 1 N–H and O–H groups in total. The minimum absolute atomic E-state index is 0.192. The van der Waals surface area contributed by atoms with Crippen molar-refractivity contribution in [3.05, 3.63) is 36.0 Å². The van der Waals surface area contributed by atoms with Crippen LogP contribution in [0.15, 0.2) is 30.5 Å². The van der Waals surface area contributed by atoms with Crippen LogP contribution in [0.5, 0.6) is 0 Å². The van der Waals surface area contributed by atoms with Gasteiger partial charge in [-0.2, -0.15) is 0 Å². The third kappa shape index (κ3) is 5.08. The molecule has 0 unspecified atom stereocenters. The number of likely N-dealkylation sites (N-methyl/N-ethyl adjacent to an activating group) is 1. The van der Waals surface area contributed by atoms with Gasteiger partial charge in [0.15, 0.2) is 0 Å². The Hall–Kier alpha value is -2.34. The molecular weight excluding hydrogens is 330 g/mol. The molecule has 6 heteroatoms. The van der Waals surface area contributed by atoms with E-state index in [0.29, 0.717) is 0 Å². The van der Waals surface area contributed by atoms with Crippen molar-refractivity contribution in [2.24, 2.45) is 0 Å². The number of amides is 1. The number of fused-ring (bicyclic) bond motifs is 1. The number of rotatable bonds is 5. The fraction of sp³-hybridized carbons (Fsp3) is 0.500. The second kappa shape index (κ2) is 7.91. The van der Waals surface area contributed by atoms with Crippen LogP contribution in [0.2, 0.25) is 0 Å². The van der Waals surface area contributed by atoms with Gasteiger partial charge in [0.05, 0.1) is 5.52 Å². The molecule has 2 aromatic rings. The van der Waals surface area contributed by atoms with E-state index in [0.717, 1.165) is 29.4 Å². The molecule has 1 atom stereocenters. The third-order valence-electron chi connectivity index (χ3n) is 3.96. The molecule has 0 bridgehead atoms. The Morgan fingerprint density at radius 1 is 1.23 bits per heavy atom. The zero-order valence-electron chi connectivity index (χ0n) is 16.5. The summed E-state index contributed by atoms with van der Waals surface area (Å²) in [5.41, 5.74) is 1.36. The maximum absolute atomic E-state index is 12.9. The number of nitrogens with zero attached hydrogens (tertiary/aromatic N) is 2. The summed E-state index contributed by atoms with van der Waals surface area (Å²) >= 11 is 0. The normalized spacial score (nSPS) is 13.0. The Labute approximate surface area is 155 Å². The third-order valence-corrected chi connectivity index (χ3v) is 3.96. The van der Waals surface area contributed by atoms with Crippen LogP contribution in [-0.4, -0.2) is 53.8 Å². The Balaban J connectivity index is 2.22. The second-order valence-electron chi connectivity index (χ2n) is 7.80. The van der Waals surface area contributed by atoms with E-state index in [-0.39, 0.29) is 5.91 Å². The summed E-state index contributed by atoms with van der Waals surface area (Å²) in [6.45, 7) is 7.93. The van der Waals surface area contributed by atoms with E-state index in [9.17, 15) is 9.59 Å². The summed E-state index contributed by atoms with van der Waals surface area (Å²) in [6.07, 6.45) is 2.13. The van der Waals surface area contributed by atoms with Crippen molar-refractivity contribution >= 4 is 22.9 Å². The standard InChI is InChI=1S/C20H29N3O3/c1-14(21-19(25)26-20(2,3)4)18(24)23-13-15(11-12-22(5)6)16-9-7-8-10-17(16)23/h7-10,13-14H,11-12H2,1-6H3,(H,21,25)/t14-/m0/s1. The van der Waals surface area contributed by atoms with Crippen LogP contribution in [-0.2, 0) is 11.2 Å². The van der Waals surface area contributed by atoms with Crippen LogP contribution < -0.4 is 5.32 Å². The SMILES string of the molecule is C[C@H](NC(=O)OC(C)(C)C)C(=O)n1cc(CCN(C)C)c2ccccc21. The van der Waals surface area contributed by atoms with Crippen LogP contribution in [0.1, 0.15) is 38.1 Å². The minimum atomic E-state index is -0.692. The summed E-state index contributed by atoms with van der Waals surface area (Å²) in [5, 5.41) is 3.68. The Morgan fingerprint density at radius 3 is 2.50 bits per heavy atom. The van der Waals surface area contributed by atoms with E-state index < -0.39 is 17.7 Å². The van der Waals surface area contributed by atoms with Crippen molar-refractivity contribution in [1.29, 1.82) is 0 Å². The number of nitrogens with one attached hydrogen (secondary N) is 1. The smallest absolute Gasteiger partial charge is 0.408 e. The molecule has 0 saturated carbocycles. The first-order valence-electron chi connectivity index (χ1n) is 8.86. The summed E-state index contributed by atoms with van der Waals surface area (Å²) in [7, 11) is 4.05. The average Bonchev–Trinajstić information content (AvgIpc) is 2.89. The van der Waals surface area contributed by atoms with Crippen LogP contribution in [0.4, 0.5) is 4.79 Å². The number of ether oxygens (including phenoxy) is 1. The number of benzene rings is 1. The molecule has 0 radical (unpaired) electrons. The van der Waals surface area contributed by atoms with Crippen molar-refractivity contribution in [3.63, 3.8) is 0 Å². The molecule has 0 saturated heterocycles. The van der Waals surface area contributed by atoms with E-state index in [4.69, 9.17) is 4.74 Å². The molecule has 1 aromatic carbocycles. The second-order valence-corrected chi connectivity index (χ2v) is 7.80. The van der Waals surface area contributed by atoms with Gasteiger partial charge in [-0.05, 0) is 59.8 Å². The fourth-order valence-corrected chi connectivity index (χ4v) is 2.73. The highest BCUT2D eigenvalue weighted by Crippen LogP contribution is 2.22. The largest absolute Gasteiger partial charge is 0.444 e. The van der Waals surface area contributed by atoms with E-state index in [1.54, 1.807) is 32.3 Å². The predicted molar refractivity (Wildman–Crippen MR) is 104 cm³/mol. The molecule has 2 rings (SSSR count). The first kappa shape index (κ1) is 20.0. The van der Waals surface area contributed by atoms with Crippen molar-refractivity contribution in [2.75, 3.05) is 20.6 Å². The van der Waals surface area contributed by atoms with Crippen LogP contribution in [0, 0.1) is 0 Å². The van der Waals surface area contributed by atoms with Gasteiger partial charge < -0.3 is 15.0 Å². The zero-order valence-corrected chi connectivity index (χ0v) is 16.5. The van der Waals surface area contributed by atoms with Gasteiger partial charge >= 0.3 is 6.09 Å². The Kier molecular flexibility index (Phi) is 6.08. The van der Waals surface area contributed by atoms with Gasteiger partial charge in [-0.1, -0.05) is 18.2 Å². The lowest BCUT2D eigenvalue weighted by Crippen LogP contribution is -2.43. The van der Waals surface area contributed by atoms with E-state index in [1.165, 1.54) is 0 Å². The molecule has 0 aliphatic heterocycles. The molecule has 26 heavy (non-hydrogen) atoms. The number of carbonyl (C=O) groups is 2. The lowest BCUT2D eigenvalue weighted by molar-refractivity contribution is 0.0489. The molecule has 0 fully saturated rings. The molecule has 142 valence electrons. The highest BCUT2D eigenvalue weighted by molar-refractivity contribution is 5.97. The molecule has 6 nitrogen and oxygen atoms in total. The first-order valence-corrected chi connectivity index (χ1v) is 8.86. The maximum Gasteiger partial charge on any atom is 0.408 e. The van der Waals surface area contributed by atoms with Crippen LogP contribution in [0.3, 0.4) is 0 Å². The van der Waals surface area contributed by atoms with Gasteiger partial charge in [0.2, 0.25) is 0 Å². The van der Waals surface area contributed by atoms with Gasteiger partial charge in [0.25, 0.3) is 5.91 Å². The van der Waals surface area contributed by atoms with Gasteiger partial charge in [-0.25, -0.2) is 4.79 Å². The number of carbonyl (C=O) groups excluding carboxylic acids is 2. The number of para-hydroxylation sites is 1.